The highest BCUT2D eigenvalue weighted by Gasteiger charge is 2.35. The van der Waals surface area contributed by atoms with Gasteiger partial charge in [-0.05, 0) is 49.2 Å². The molecule has 2 N–H and O–H groups in total. The lowest BCUT2D eigenvalue weighted by atomic mass is 10.0. The Balaban J connectivity index is 1.34. The normalized spacial score (nSPS) is 15.6. The van der Waals surface area contributed by atoms with E-state index in [9.17, 15) is 26.4 Å². The molecule has 4 rings (SSSR count). The molecule has 1 aliphatic heterocycles. The second-order valence-corrected chi connectivity index (χ2v) is 10.0. The van der Waals surface area contributed by atoms with Crippen LogP contribution in [0, 0.1) is 0 Å². The van der Waals surface area contributed by atoms with Gasteiger partial charge < -0.3 is 15.1 Å². The van der Waals surface area contributed by atoms with E-state index in [4.69, 9.17) is 4.42 Å². The van der Waals surface area contributed by atoms with Gasteiger partial charge in [0.15, 0.2) is 0 Å². The first-order valence-corrected chi connectivity index (χ1v) is 12.4. The number of para-hydroxylation sites is 1. The van der Waals surface area contributed by atoms with Crippen LogP contribution in [0.25, 0.3) is 0 Å². The van der Waals surface area contributed by atoms with Gasteiger partial charge in [-0.2, -0.15) is 17.5 Å². The second-order valence-electron chi connectivity index (χ2n) is 8.14. The Morgan fingerprint density at radius 2 is 1.63 bits per heavy atom. The zero-order chi connectivity index (χ0) is 25.1. The Kier molecular flexibility index (Phi) is 7.18. The molecule has 0 bridgehead atoms. The van der Waals surface area contributed by atoms with Crippen LogP contribution in [0.2, 0.25) is 0 Å². The van der Waals surface area contributed by atoms with E-state index >= 15 is 0 Å². The van der Waals surface area contributed by atoms with Gasteiger partial charge in [-0.1, -0.05) is 30.3 Å². The Morgan fingerprint density at radius 1 is 0.971 bits per heavy atom. The molecule has 0 radical (unpaired) electrons. The van der Waals surface area contributed by atoms with Gasteiger partial charge in [0.2, 0.25) is 5.09 Å². The van der Waals surface area contributed by atoms with E-state index in [1.54, 1.807) is 30.3 Å². The maximum absolute atomic E-state index is 13.2. The molecule has 7 nitrogen and oxygen atoms in total. The lowest BCUT2D eigenvalue weighted by molar-refractivity contribution is -0.137. The van der Waals surface area contributed by atoms with Crippen molar-refractivity contribution in [3.8, 4) is 0 Å². The van der Waals surface area contributed by atoms with Crippen molar-refractivity contribution in [3.05, 3.63) is 83.6 Å². The molecule has 35 heavy (non-hydrogen) atoms. The van der Waals surface area contributed by atoms with Gasteiger partial charge in [-0.25, -0.2) is 8.42 Å². The first-order valence-electron chi connectivity index (χ1n) is 11.0. The summed E-state index contributed by atoms with van der Waals surface area (Å²) in [6, 6.07) is 16.3. The van der Waals surface area contributed by atoms with Crippen LogP contribution in [0.3, 0.4) is 0 Å². The maximum Gasteiger partial charge on any atom is 0.418 e. The van der Waals surface area contributed by atoms with Gasteiger partial charge in [0.1, 0.15) is 5.76 Å². The summed E-state index contributed by atoms with van der Waals surface area (Å²) < 4.78 is 72.4. The fraction of sp³-hybridized carbons (Fsp3) is 0.292. The van der Waals surface area contributed by atoms with E-state index in [1.165, 1.54) is 34.6 Å². The molecule has 0 spiro atoms. The lowest BCUT2D eigenvalue weighted by Crippen LogP contribution is -2.42. The number of rotatable bonds is 7. The minimum absolute atomic E-state index is 0.0190. The highest BCUT2D eigenvalue weighted by atomic mass is 32.2. The van der Waals surface area contributed by atoms with Gasteiger partial charge in [0.05, 0.1) is 12.1 Å². The van der Waals surface area contributed by atoms with Crippen LogP contribution in [-0.2, 0) is 22.7 Å². The smallest absolute Gasteiger partial charge is 0.418 e. The van der Waals surface area contributed by atoms with Crippen LogP contribution < -0.4 is 10.6 Å². The molecule has 11 heteroatoms. The third-order valence-electron chi connectivity index (χ3n) is 5.74. The number of halogens is 3. The Labute approximate surface area is 201 Å². The van der Waals surface area contributed by atoms with E-state index in [1.807, 2.05) is 0 Å². The predicted octanol–water partition coefficient (Wildman–Crippen LogP) is 4.49. The van der Waals surface area contributed by atoms with Crippen molar-refractivity contribution >= 4 is 21.6 Å². The molecule has 186 valence electrons. The number of nitrogens with zero attached hydrogens (tertiary/aromatic N) is 1. The van der Waals surface area contributed by atoms with Crippen molar-refractivity contribution in [1.82, 2.24) is 9.62 Å². The first kappa shape index (κ1) is 24.8. The molecular formula is C24H24F3N3O4S. The van der Waals surface area contributed by atoms with E-state index in [2.05, 4.69) is 10.6 Å². The first-order chi connectivity index (χ1) is 16.6. The third-order valence-corrected chi connectivity index (χ3v) is 7.51. The van der Waals surface area contributed by atoms with Crippen molar-refractivity contribution in [2.45, 2.75) is 36.7 Å². The van der Waals surface area contributed by atoms with E-state index in [0.29, 0.717) is 18.4 Å². The van der Waals surface area contributed by atoms with Crippen molar-refractivity contribution < 1.29 is 30.8 Å². The van der Waals surface area contributed by atoms with Crippen molar-refractivity contribution in [1.29, 1.82) is 0 Å². The van der Waals surface area contributed by atoms with Crippen LogP contribution >= 0.6 is 0 Å². The topological polar surface area (TPSA) is 91.7 Å². The molecule has 3 aromatic rings. The number of benzene rings is 2. The number of amides is 1. The van der Waals surface area contributed by atoms with Gasteiger partial charge in [0.25, 0.3) is 15.9 Å². The Morgan fingerprint density at radius 3 is 2.31 bits per heavy atom. The Hall–Kier alpha value is -3.31. The van der Waals surface area contributed by atoms with Crippen LogP contribution in [-0.4, -0.2) is 37.8 Å². The summed E-state index contributed by atoms with van der Waals surface area (Å²) in [7, 11) is -3.91. The minimum Gasteiger partial charge on any atom is -0.446 e. The van der Waals surface area contributed by atoms with Gasteiger partial charge >= 0.3 is 6.18 Å². The number of sulfonamides is 1. The molecule has 2 aromatic carbocycles. The van der Waals surface area contributed by atoms with Gasteiger partial charge in [-0.15, -0.1) is 0 Å². The average Bonchev–Trinajstić information content (AvgIpc) is 3.33. The zero-order valence-electron chi connectivity index (χ0n) is 18.6. The summed E-state index contributed by atoms with van der Waals surface area (Å²) in [6.07, 6.45) is -3.80. The van der Waals surface area contributed by atoms with E-state index < -0.39 is 21.8 Å². The van der Waals surface area contributed by atoms with Crippen LogP contribution in [0.1, 0.15) is 34.5 Å². The number of hydrogen-bond acceptors (Lipinski definition) is 5. The number of carbonyl (C=O) groups is 1. The molecule has 1 aromatic heterocycles. The molecule has 1 aliphatic rings. The molecule has 0 unspecified atom stereocenters. The number of furan rings is 1. The van der Waals surface area contributed by atoms with Crippen LogP contribution in [0.5, 0.6) is 0 Å². The van der Waals surface area contributed by atoms with Crippen molar-refractivity contribution in [2.75, 3.05) is 18.4 Å². The second kappa shape index (κ2) is 10.1. The highest BCUT2D eigenvalue weighted by Crippen LogP contribution is 2.35. The maximum atomic E-state index is 13.2. The molecule has 2 heterocycles. The largest absolute Gasteiger partial charge is 0.446 e. The summed E-state index contributed by atoms with van der Waals surface area (Å²) in [6.45, 7) is 0.289. The molecule has 1 saturated heterocycles. The third kappa shape index (κ3) is 5.85. The summed E-state index contributed by atoms with van der Waals surface area (Å²) >= 11 is 0. The molecule has 0 atom stereocenters. The molecular weight excluding hydrogens is 483 g/mol. The quantitative estimate of drug-likeness (QED) is 0.492. The van der Waals surface area contributed by atoms with Crippen molar-refractivity contribution in [2.24, 2.45) is 0 Å². The molecule has 1 amide bonds. The standard InChI is InChI=1S/C24H24F3N3O4S/c25-24(26,27)20-8-4-5-9-21(20)29-18-12-14-30(15-13-18)35(32,33)22-11-10-19(34-22)16-28-23(31)17-6-2-1-3-7-17/h1-11,18,29H,12-16H2,(H,28,31). The molecule has 1 fully saturated rings. The Bertz CT molecular complexity index is 1270. The average molecular weight is 508 g/mol. The molecule has 0 saturated carbocycles. The van der Waals surface area contributed by atoms with Crippen LogP contribution in [0.15, 0.2) is 76.2 Å². The van der Waals surface area contributed by atoms with Gasteiger partial charge in [-0.3, -0.25) is 4.79 Å². The summed E-state index contributed by atoms with van der Waals surface area (Å²) in [5.74, 6) is -0.0266. The van der Waals surface area contributed by atoms with Gasteiger partial charge in [0, 0.05) is 30.4 Å². The summed E-state index contributed by atoms with van der Waals surface area (Å²) in [5, 5.41) is 5.34. The number of nitrogens with one attached hydrogen (secondary N) is 2. The number of piperidine rings is 1. The highest BCUT2D eigenvalue weighted by molar-refractivity contribution is 7.89. The number of anilines is 1. The van der Waals surface area contributed by atoms with Crippen LogP contribution in [0.4, 0.5) is 18.9 Å². The fourth-order valence-electron chi connectivity index (χ4n) is 3.89. The number of alkyl halides is 3. The zero-order valence-corrected chi connectivity index (χ0v) is 19.4. The molecule has 0 aliphatic carbocycles. The number of hydrogen-bond donors (Lipinski definition) is 2. The summed E-state index contributed by atoms with van der Waals surface area (Å²) in [4.78, 5) is 12.2. The van der Waals surface area contributed by atoms with Crippen molar-refractivity contribution in [3.63, 3.8) is 0 Å². The van der Waals surface area contributed by atoms with E-state index in [0.717, 1.165) is 6.07 Å². The minimum atomic E-state index is -4.48. The lowest BCUT2D eigenvalue weighted by Gasteiger charge is -2.32. The SMILES string of the molecule is O=C(NCc1ccc(S(=O)(=O)N2CCC(Nc3ccccc3C(F)(F)F)CC2)o1)c1ccccc1. The predicted molar refractivity (Wildman–Crippen MR) is 123 cm³/mol. The van der Waals surface area contributed by atoms with E-state index in [-0.39, 0.29) is 48.1 Å². The monoisotopic (exact) mass is 507 g/mol. The number of carbonyl (C=O) groups excluding carboxylic acids is 1. The fourth-order valence-corrected chi connectivity index (χ4v) is 5.29. The summed E-state index contributed by atoms with van der Waals surface area (Å²) in [5.41, 5.74) is -0.298.